The molecule has 0 spiro atoms. The SMILES string of the molecule is FC(F)Oc1cccc(-c2cc(CBr)on2)c1. The van der Waals surface area contributed by atoms with Gasteiger partial charge in [-0.15, -0.1) is 0 Å². The minimum atomic E-state index is -2.83. The summed E-state index contributed by atoms with van der Waals surface area (Å²) < 4.78 is 33.4. The van der Waals surface area contributed by atoms with Crippen molar-refractivity contribution in [3.05, 3.63) is 36.1 Å². The summed E-state index contributed by atoms with van der Waals surface area (Å²) in [6.45, 7) is -2.83. The van der Waals surface area contributed by atoms with Crippen molar-refractivity contribution in [2.24, 2.45) is 0 Å². The van der Waals surface area contributed by atoms with Gasteiger partial charge in [-0.25, -0.2) is 0 Å². The minimum Gasteiger partial charge on any atom is -0.435 e. The third-order valence-corrected chi connectivity index (χ3v) is 2.60. The Hall–Kier alpha value is -1.43. The average Bonchev–Trinajstić information content (AvgIpc) is 2.77. The molecule has 0 radical (unpaired) electrons. The van der Waals surface area contributed by atoms with Gasteiger partial charge in [0.1, 0.15) is 17.2 Å². The number of hydrogen-bond acceptors (Lipinski definition) is 3. The van der Waals surface area contributed by atoms with Gasteiger partial charge in [-0.2, -0.15) is 8.78 Å². The smallest absolute Gasteiger partial charge is 0.387 e. The van der Waals surface area contributed by atoms with Crippen LogP contribution >= 0.6 is 15.9 Å². The molecule has 1 aromatic carbocycles. The first-order valence-electron chi connectivity index (χ1n) is 4.76. The van der Waals surface area contributed by atoms with Gasteiger partial charge in [0.15, 0.2) is 0 Å². The van der Waals surface area contributed by atoms with Crippen LogP contribution in [0.2, 0.25) is 0 Å². The van der Waals surface area contributed by atoms with Gasteiger partial charge in [-0.1, -0.05) is 33.2 Å². The summed E-state index contributed by atoms with van der Waals surface area (Å²) in [6.07, 6.45) is 0. The van der Waals surface area contributed by atoms with E-state index in [0.29, 0.717) is 22.3 Å². The lowest BCUT2D eigenvalue weighted by atomic mass is 10.1. The lowest BCUT2D eigenvalue weighted by Gasteiger charge is -2.04. The van der Waals surface area contributed by atoms with Crippen LogP contribution in [-0.2, 0) is 5.33 Å². The lowest BCUT2D eigenvalue weighted by Crippen LogP contribution is -2.01. The minimum absolute atomic E-state index is 0.0980. The van der Waals surface area contributed by atoms with Gasteiger partial charge in [0.2, 0.25) is 0 Å². The summed E-state index contributed by atoms with van der Waals surface area (Å²) in [6, 6.07) is 8.04. The fourth-order valence-corrected chi connectivity index (χ4v) is 1.61. The Morgan fingerprint density at radius 3 is 2.82 bits per heavy atom. The first-order valence-corrected chi connectivity index (χ1v) is 5.88. The number of aromatic nitrogens is 1. The molecule has 0 bridgehead atoms. The third kappa shape index (κ3) is 3.03. The van der Waals surface area contributed by atoms with Crippen molar-refractivity contribution in [2.75, 3.05) is 0 Å². The van der Waals surface area contributed by atoms with E-state index in [-0.39, 0.29) is 5.75 Å². The second-order valence-corrected chi connectivity index (χ2v) is 3.78. The van der Waals surface area contributed by atoms with Crippen LogP contribution < -0.4 is 4.74 Å². The summed E-state index contributed by atoms with van der Waals surface area (Å²) in [5.41, 5.74) is 1.25. The predicted molar refractivity (Wildman–Crippen MR) is 61.2 cm³/mol. The fraction of sp³-hybridized carbons (Fsp3) is 0.182. The van der Waals surface area contributed by atoms with Crippen molar-refractivity contribution < 1.29 is 18.0 Å². The highest BCUT2D eigenvalue weighted by Gasteiger charge is 2.08. The molecular formula is C11H8BrF2NO2. The highest BCUT2D eigenvalue weighted by molar-refractivity contribution is 9.08. The number of benzene rings is 1. The van der Waals surface area contributed by atoms with E-state index < -0.39 is 6.61 Å². The first kappa shape index (κ1) is 12.0. The topological polar surface area (TPSA) is 35.3 Å². The standard InChI is InChI=1S/C11H8BrF2NO2/c12-6-9-5-10(15-17-9)7-2-1-3-8(4-7)16-11(13)14/h1-5,11H,6H2. The Morgan fingerprint density at radius 1 is 1.35 bits per heavy atom. The van der Waals surface area contributed by atoms with Gasteiger partial charge >= 0.3 is 6.61 Å². The zero-order valence-electron chi connectivity index (χ0n) is 8.57. The molecule has 0 atom stereocenters. The lowest BCUT2D eigenvalue weighted by molar-refractivity contribution is -0.0498. The zero-order chi connectivity index (χ0) is 12.3. The molecule has 0 aliphatic rings. The first-order chi connectivity index (χ1) is 8.19. The second-order valence-electron chi connectivity index (χ2n) is 3.22. The van der Waals surface area contributed by atoms with Crippen LogP contribution in [0, 0.1) is 0 Å². The van der Waals surface area contributed by atoms with E-state index in [1.807, 2.05) is 0 Å². The van der Waals surface area contributed by atoms with Crippen LogP contribution in [0.4, 0.5) is 8.78 Å². The van der Waals surface area contributed by atoms with E-state index in [2.05, 4.69) is 25.8 Å². The van der Waals surface area contributed by atoms with Gasteiger partial charge < -0.3 is 9.26 Å². The molecule has 3 nitrogen and oxygen atoms in total. The molecule has 2 rings (SSSR count). The second kappa shape index (κ2) is 5.27. The van der Waals surface area contributed by atoms with Crippen LogP contribution in [0.1, 0.15) is 5.76 Å². The highest BCUT2D eigenvalue weighted by atomic mass is 79.9. The number of hydrogen-bond donors (Lipinski definition) is 0. The molecular weight excluding hydrogens is 296 g/mol. The predicted octanol–water partition coefficient (Wildman–Crippen LogP) is 3.84. The molecule has 0 aliphatic heterocycles. The molecule has 1 heterocycles. The summed E-state index contributed by atoms with van der Waals surface area (Å²) in [5, 5.41) is 4.38. The van der Waals surface area contributed by atoms with Gasteiger partial charge in [0.25, 0.3) is 0 Å². The summed E-state index contributed by atoms with van der Waals surface area (Å²) >= 11 is 3.23. The Balaban J connectivity index is 2.26. The van der Waals surface area contributed by atoms with E-state index in [1.165, 1.54) is 12.1 Å². The number of alkyl halides is 3. The van der Waals surface area contributed by atoms with Crippen molar-refractivity contribution in [1.82, 2.24) is 5.16 Å². The number of rotatable bonds is 4. The molecule has 0 N–H and O–H groups in total. The van der Waals surface area contributed by atoms with Crippen LogP contribution in [0.3, 0.4) is 0 Å². The van der Waals surface area contributed by atoms with Gasteiger partial charge in [-0.05, 0) is 12.1 Å². The molecule has 0 unspecified atom stereocenters. The number of ether oxygens (including phenoxy) is 1. The maximum atomic E-state index is 12.1. The molecule has 0 amide bonds. The molecule has 0 aliphatic carbocycles. The molecule has 17 heavy (non-hydrogen) atoms. The molecule has 90 valence electrons. The van der Waals surface area contributed by atoms with Crippen LogP contribution in [0.25, 0.3) is 11.3 Å². The number of halogens is 3. The molecule has 6 heteroatoms. The molecule has 0 saturated carbocycles. The van der Waals surface area contributed by atoms with E-state index in [1.54, 1.807) is 18.2 Å². The van der Waals surface area contributed by atoms with Gasteiger partial charge in [0, 0.05) is 11.6 Å². The van der Waals surface area contributed by atoms with E-state index in [0.717, 1.165) is 0 Å². The van der Waals surface area contributed by atoms with E-state index in [9.17, 15) is 8.78 Å². The molecule has 0 fully saturated rings. The monoisotopic (exact) mass is 303 g/mol. The number of nitrogens with zero attached hydrogens (tertiary/aromatic N) is 1. The van der Waals surface area contributed by atoms with E-state index in [4.69, 9.17) is 4.52 Å². The maximum absolute atomic E-state index is 12.1. The summed E-state index contributed by atoms with van der Waals surface area (Å²) in [7, 11) is 0. The Morgan fingerprint density at radius 2 is 2.18 bits per heavy atom. The molecule has 1 aromatic heterocycles. The van der Waals surface area contributed by atoms with Crippen molar-refractivity contribution in [3.8, 4) is 17.0 Å². The Labute approximate surface area is 104 Å². The largest absolute Gasteiger partial charge is 0.435 e. The van der Waals surface area contributed by atoms with E-state index >= 15 is 0 Å². The Kier molecular flexibility index (Phi) is 3.73. The van der Waals surface area contributed by atoms with Crippen molar-refractivity contribution in [1.29, 1.82) is 0 Å². The highest BCUT2D eigenvalue weighted by Crippen LogP contribution is 2.25. The van der Waals surface area contributed by atoms with Crippen LogP contribution in [-0.4, -0.2) is 11.8 Å². The summed E-state index contributed by atoms with van der Waals surface area (Å²) in [4.78, 5) is 0. The maximum Gasteiger partial charge on any atom is 0.387 e. The van der Waals surface area contributed by atoms with Crippen molar-refractivity contribution >= 4 is 15.9 Å². The van der Waals surface area contributed by atoms with Crippen molar-refractivity contribution in [2.45, 2.75) is 11.9 Å². The van der Waals surface area contributed by atoms with Crippen LogP contribution in [0.5, 0.6) is 5.75 Å². The molecule has 2 aromatic rings. The quantitative estimate of drug-likeness (QED) is 0.805. The van der Waals surface area contributed by atoms with Gasteiger partial charge in [-0.3, -0.25) is 0 Å². The zero-order valence-corrected chi connectivity index (χ0v) is 10.2. The summed E-state index contributed by atoms with van der Waals surface area (Å²) in [5.74, 6) is 0.765. The average molecular weight is 304 g/mol. The fourth-order valence-electron chi connectivity index (χ4n) is 1.34. The Bertz CT molecular complexity index is 502. The normalized spacial score (nSPS) is 10.8. The third-order valence-electron chi connectivity index (χ3n) is 2.05. The van der Waals surface area contributed by atoms with Crippen molar-refractivity contribution in [3.63, 3.8) is 0 Å². The molecule has 0 saturated heterocycles. The van der Waals surface area contributed by atoms with Crippen LogP contribution in [0.15, 0.2) is 34.9 Å². The van der Waals surface area contributed by atoms with Gasteiger partial charge in [0.05, 0.1) is 5.33 Å².